The summed E-state index contributed by atoms with van der Waals surface area (Å²) in [7, 11) is -1.20. The number of nitrogens with zero attached hydrogens (tertiary/aromatic N) is 1. The maximum absolute atomic E-state index is 12.0. The molecule has 0 aromatic carbocycles. The van der Waals surface area contributed by atoms with Gasteiger partial charge in [-0.05, 0) is 30.6 Å². The fourth-order valence-electron chi connectivity index (χ4n) is 4.50. The van der Waals surface area contributed by atoms with Gasteiger partial charge in [0.15, 0.2) is 0 Å². The van der Waals surface area contributed by atoms with Crippen molar-refractivity contribution in [1.29, 1.82) is 0 Å². The third kappa shape index (κ3) is 0.897. The molecule has 2 saturated carbocycles. The Bertz CT molecular complexity index is 414. The van der Waals surface area contributed by atoms with Gasteiger partial charge >= 0.3 is 0 Å². The van der Waals surface area contributed by atoms with Crippen molar-refractivity contribution in [2.45, 2.75) is 39.2 Å². The standard InChI is InChI=1S/C11H19NO2S/c1-10(2)8-4-5-11(10)7-15(13,14)12(3)9(11)6-8/h8-9H,4-7H2,1-3H3/t8?,9?,11-/m1/s1. The van der Waals surface area contributed by atoms with Crippen LogP contribution in [0.2, 0.25) is 0 Å². The lowest BCUT2D eigenvalue weighted by Gasteiger charge is -2.36. The quantitative estimate of drug-likeness (QED) is 0.630. The molecule has 1 aliphatic heterocycles. The highest BCUT2D eigenvalue weighted by Crippen LogP contribution is 2.69. The SMILES string of the molecule is CN1C2CC3CC[C@]2(CS1(=O)=O)C3(C)C. The van der Waals surface area contributed by atoms with Gasteiger partial charge in [-0.25, -0.2) is 12.7 Å². The van der Waals surface area contributed by atoms with Crippen molar-refractivity contribution < 1.29 is 8.42 Å². The highest BCUT2D eigenvalue weighted by Gasteiger charge is 2.70. The molecule has 1 spiro atoms. The van der Waals surface area contributed by atoms with E-state index in [1.54, 1.807) is 11.4 Å². The van der Waals surface area contributed by atoms with E-state index in [9.17, 15) is 8.42 Å². The van der Waals surface area contributed by atoms with Crippen LogP contribution < -0.4 is 0 Å². The fourth-order valence-corrected chi connectivity index (χ4v) is 6.74. The average molecular weight is 229 g/mol. The van der Waals surface area contributed by atoms with Gasteiger partial charge < -0.3 is 0 Å². The average Bonchev–Trinajstić information content (AvgIpc) is 2.56. The second-order valence-corrected chi connectivity index (χ2v) is 8.17. The Kier molecular flexibility index (Phi) is 1.63. The normalized spacial score (nSPS) is 50.9. The molecule has 15 heavy (non-hydrogen) atoms. The summed E-state index contributed by atoms with van der Waals surface area (Å²) in [5, 5.41) is 0. The van der Waals surface area contributed by atoms with Crippen molar-refractivity contribution in [3.05, 3.63) is 0 Å². The zero-order valence-corrected chi connectivity index (χ0v) is 10.5. The molecule has 0 amide bonds. The first-order valence-electron chi connectivity index (χ1n) is 5.77. The first kappa shape index (κ1) is 10.1. The summed E-state index contributed by atoms with van der Waals surface area (Å²) < 4.78 is 25.6. The molecule has 86 valence electrons. The van der Waals surface area contributed by atoms with E-state index in [0.717, 1.165) is 18.8 Å². The molecule has 2 aliphatic carbocycles. The molecule has 3 nitrogen and oxygen atoms in total. The van der Waals surface area contributed by atoms with Crippen LogP contribution in [0.4, 0.5) is 0 Å². The van der Waals surface area contributed by atoms with E-state index >= 15 is 0 Å². The van der Waals surface area contributed by atoms with Crippen molar-refractivity contribution in [1.82, 2.24) is 4.31 Å². The maximum Gasteiger partial charge on any atom is 0.214 e. The van der Waals surface area contributed by atoms with Gasteiger partial charge in [-0.3, -0.25) is 0 Å². The zero-order chi connectivity index (χ0) is 11.1. The van der Waals surface area contributed by atoms with Crippen molar-refractivity contribution in [2.24, 2.45) is 16.7 Å². The fraction of sp³-hybridized carbons (Fsp3) is 1.00. The summed E-state index contributed by atoms with van der Waals surface area (Å²) in [4.78, 5) is 0. The first-order valence-corrected chi connectivity index (χ1v) is 7.38. The molecule has 3 aliphatic rings. The van der Waals surface area contributed by atoms with Crippen LogP contribution in [0.5, 0.6) is 0 Å². The molecule has 3 atom stereocenters. The predicted octanol–water partition coefficient (Wildman–Crippen LogP) is 1.46. The molecular weight excluding hydrogens is 210 g/mol. The lowest BCUT2D eigenvalue weighted by molar-refractivity contribution is 0.121. The minimum absolute atomic E-state index is 0.0608. The zero-order valence-electron chi connectivity index (χ0n) is 9.66. The highest BCUT2D eigenvalue weighted by atomic mass is 32.2. The van der Waals surface area contributed by atoms with E-state index in [1.807, 2.05) is 0 Å². The van der Waals surface area contributed by atoms with Crippen LogP contribution in [-0.2, 0) is 10.0 Å². The van der Waals surface area contributed by atoms with Crippen LogP contribution in [0.25, 0.3) is 0 Å². The van der Waals surface area contributed by atoms with E-state index < -0.39 is 10.0 Å². The minimum Gasteiger partial charge on any atom is -0.212 e. The monoisotopic (exact) mass is 229 g/mol. The summed E-state index contributed by atoms with van der Waals surface area (Å²) in [6.07, 6.45) is 3.43. The largest absolute Gasteiger partial charge is 0.214 e. The molecule has 2 bridgehead atoms. The van der Waals surface area contributed by atoms with Gasteiger partial charge in [0.2, 0.25) is 10.0 Å². The summed E-state index contributed by atoms with van der Waals surface area (Å²) in [5.74, 6) is 1.13. The molecule has 1 saturated heterocycles. The van der Waals surface area contributed by atoms with Crippen LogP contribution in [0.3, 0.4) is 0 Å². The van der Waals surface area contributed by atoms with Gasteiger partial charge in [-0.1, -0.05) is 13.8 Å². The third-order valence-corrected chi connectivity index (χ3v) is 7.72. The van der Waals surface area contributed by atoms with Crippen LogP contribution in [0.15, 0.2) is 0 Å². The van der Waals surface area contributed by atoms with E-state index in [2.05, 4.69) is 13.8 Å². The first-order chi connectivity index (χ1) is 6.81. The Morgan fingerprint density at radius 1 is 1.33 bits per heavy atom. The Hall–Kier alpha value is -0.0900. The molecule has 1 heterocycles. The molecule has 0 aromatic rings. The van der Waals surface area contributed by atoms with Crippen LogP contribution in [-0.4, -0.2) is 31.6 Å². The third-order valence-electron chi connectivity index (χ3n) is 5.71. The molecule has 0 N–H and O–H groups in total. The van der Waals surface area contributed by atoms with Gasteiger partial charge in [-0.15, -0.1) is 0 Å². The van der Waals surface area contributed by atoms with Crippen molar-refractivity contribution in [2.75, 3.05) is 12.8 Å². The maximum atomic E-state index is 12.0. The van der Waals surface area contributed by atoms with E-state index in [0.29, 0.717) is 5.75 Å². The van der Waals surface area contributed by atoms with Gasteiger partial charge in [0.25, 0.3) is 0 Å². The second-order valence-electron chi connectivity index (χ2n) is 6.14. The Labute approximate surface area is 91.9 Å². The number of sulfonamides is 1. The summed E-state index contributed by atoms with van der Waals surface area (Å²) >= 11 is 0. The highest BCUT2D eigenvalue weighted by molar-refractivity contribution is 7.89. The van der Waals surface area contributed by atoms with Crippen LogP contribution >= 0.6 is 0 Å². The minimum atomic E-state index is -2.97. The Balaban J connectivity index is 2.16. The second kappa shape index (κ2) is 2.43. The lowest BCUT2D eigenvalue weighted by Crippen LogP contribution is -2.40. The molecular formula is C11H19NO2S. The van der Waals surface area contributed by atoms with Gasteiger partial charge in [0.1, 0.15) is 0 Å². The van der Waals surface area contributed by atoms with Gasteiger partial charge in [0, 0.05) is 18.5 Å². The smallest absolute Gasteiger partial charge is 0.212 e. The molecule has 0 aromatic heterocycles. The molecule has 3 fully saturated rings. The van der Waals surface area contributed by atoms with E-state index in [4.69, 9.17) is 0 Å². The topological polar surface area (TPSA) is 37.4 Å². The van der Waals surface area contributed by atoms with Crippen molar-refractivity contribution in [3.8, 4) is 0 Å². The van der Waals surface area contributed by atoms with Gasteiger partial charge in [0.05, 0.1) is 5.75 Å². The van der Waals surface area contributed by atoms with Gasteiger partial charge in [-0.2, -0.15) is 0 Å². The summed E-state index contributed by atoms with van der Waals surface area (Å²) in [6.45, 7) is 4.55. The Morgan fingerprint density at radius 3 is 2.53 bits per heavy atom. The number of fused-ring (bicyclic) bond motifs is 1. The molecule has 2 unspecified atom stereocenters. The number of rotatable bonds is 0. The number of hydrogen-bond donors (Lipinski definition) is 0. The Morgan fingerprint density at radius 2 is 2.00 bits per heavy atom. The summed E-state index contributed by atoms with van der Waals surface area (Å²) in [6, 6.07) is 0.288. The van der Waals surface area contributed by atoms with Crippen LogP contribution in [0, 0.1) is 16.7 Å². The van der Waals surface area contributed by atoms with E-state index in [1.165, 1.54) is 6.42 Å². The lowest BCUT2D eigenvalue weighted by atomic mass is 9.69. The van der Waals surface area contributed by atoms with Crippen LogP contribution in [0.1, 0.15) is 33.1 Å². The summed E-state index contributed by atoms with van der Waals surface area (Å²) in [5.41, 5.74) is 0.279. The number of hydrogen-bond acceptors (Lipinski definition) is 2. The predicted molar refractivity (Wildman–Crippen MR) is 58.9 cm³/mol. The molecule has 4 heteroatoms. The molecule has 0 radical (unpaired) electrons. The molecule has 3 rings (SSSR count). The van der Waals surface area contributed by atoms with Crippen molar-refractivity contribution in [3.63, 3.8) is 0 Å². The van der Waals surface area contributed by atoms with Crippen molar-refractivity contribution >= 4 is 10.0 Å². The van der Waals surface area contributed by atoms with E-state index in [-0.39, 0.29) is 16.9 Å².